The highest BCUT2D eigenvalue weighted by molar-refractivity contribution is 7.15. The number of rotatable bonds is 4. The van der Waals surface area contributed by atoms with E-state index in [4.69, 9.17) is 5.73 Å². The highest BCUT2D eigenvalue weighted by atomic mass is 32.1. The van der Waals surface area contributed by atoms with Crippen LogP contribution in [0.5, 0.6) is 0 Å². The number of nitrogens with two attached hydrogens (primary N) is 1. The number of hydrogen-bond acceptors (Lipinski definition) is 7. The van der Waals surface area contributed by atoms with E-state index in [0.717, 1.165) is 10.6 Å². The number of hydrogen-bond donors (Lipinski definition) is 3. The number of carbonyl (C=O) groups is 1. The average Bonchev–Trinajstić information content (AvgIpc) is 3.17. The Labute approximate surface area is 141 Å². The molecule has 4 N–H and O–H groups in total. The summed E-state index contributed by atoms with van der Waals surface area (Å²) < 4.78 is 0. The molecule has 3 aromatic rings. The largest absolute Gasteiger partial charge is 0.374 e. The predicted octanol–water partition coefficient (Wildman–Crippen LogP) is 2.55. The molecule has 0 aromatic carbocycles. The number of aromatic nitrogens is 4. The summed E-state index contributed by atoms with van der Waals surface area (Å²) in [5.41, 5.74) is 6.08. The smallest absolute Gasteiger partial charge is 0.272 e. The van der Waals surface area contributed by atoms with E-state index in [0.29, 0.717) is 15.8 Å². The normalized spacial score (nSPS) is 11.6. The molecule has 3 rings (SSSR count). The summed E-state index contributed by atoms with van der Waals surface area (Å²) in [5, 5.41) is 18.7. The van der Waals surface area contributed by atoms with Gasteiger partial charge in [-0.3, -0.25) is 9.89 Å². The third-order valence-electron chi connectivity index (χ3n) is 3.22. The van der Waals surface area contributed by atoms with Gasteiger partial charge in [-0.25, -0.2) is 0 Å². The number of amides is 1. The Kier molecular flexibility index (Phi) is 3.90. The minimum atomic E-state index is -0.676. The standard InChI is InChI=1S/C14H16N6OS2/c1-7-4-5-10(22-7)8-6-9(18-17-8)11(21)16-14(2,3)12-19-20-13(15)23-12/h4-6H,1-3H3,(H2,15,20)(H,16,21)(H,17,18). The van der Waals surface area contributed by atoms with Gasteiger partial charge in [-0.2, -0.15) is 5.10 Å². The van der Waals surface area contributed by atoms with Crippen molar-refractivity contribution in [2.24, 2.45) is 0 Å². The molecule has 0 fully saturated rings. The lowest BCUT2D eigenvalue weighted by molar-refractivity contribution is 0.0906. The van der Waals surface area contributed by atoms with Gasteiger partial charge >= 0.3 is 0 Å². The molecule has 23 heavy (non-hydrogen) atoms. The molecule has 3 aromatic heterocycles. The first-order chi connectivity index (χ1) is 10.8. The first-order valence-corrected chi connectivity index (χ1v) is 8.52. The van der Waals surface area contributed by atoms with Crippen LogP contribution in [-0.4, -0.2) is 26.3 Å². The molecule has 9 heteroatoms. The van der Waals surface area contributed by atoms with Crippen LogP contribution in [-0.2, 0) is 5.54 Å². The van der Waals surface area contributed by atoms with Crippen molar-refractivity contribution in [3.05, 3.63) is 33.8 Å². The quantitative estimate of drug-likeness (QED) is 0.671. The van der Waals surface area contributed by atoms with Crippen LogP contribution in [0.1, 0.15) is 34.2 Å². The van der Waals surface area contributed by atoms with Gasteiger partial charge in [0.1, 0.15) is 5.01 Å². The van der Waals surface area contributed by atoms with Crippen molar-refractivity contribution in [2.75, 3.05) is 5.73 Å². The fourth-order valence-corrected chi connectivity index (χ4v) is 3.53. The second kappa shape index (κ2) is 5.74. The maximum atomic E-state index is 12.4. The zero-order valence-electron chi connectivity index (χ0n) is 12.9. The van der Waals surface area contributed by atoms with Crippen LogP contribution in [0, 0.1) is 6.92 Å². The van der Waals surface area contributed by atoms with Gasteiger partial charge < -0.3 is 11.1 Å². The molecule has 0 atom stereocenters. The third kappa shape index (κ3) is 3.25. The lowest BCUT2D eigenvalue weighted by Gasteiger charge is -2.22. The zero-order valence-corrected chi connectivity index (χ0v) is 14.5. The number of nitrogens with zero attached hydrogens (tertiary/aromatic N) is 3. The summed E-state index contributed by atoms with van der Waals surface area (Å²) in [7, 11) is 0. The van der Waals surface area contributed by atoms with Gasteiger partial charge in [-0.1, -0.05) is 11.3 Å². The third-order valence-corrected chi connectivity index (χ3v) is 5.33. The van der Waals surface area contributed by atoms with Crippen molar-refractivity contribution in [3.8, 4) is 10.6 Å². The number of carbonyl (C=O) groups excluding carboxylic acids is 1. The van der Waals surface area contributed by atoms with E-state index in [1.54, 1.807) is 17.4 Å². The van der Waals surface area contributed by atoms with Crippen LogP contribution in [0.3, 0.4) is 0 Å². The van der Waals surface area contributed by atoms with Crippen molar-refractivity contribution in [1.29, 1.82) is 0 Å². The Morgan fingerprint density at radius 1 is 1.30 bits per heavy atom. The predicted molar refractivity (Wildman–Crippen MR) is 91.5 cm³/mol. The van der Waals surface area contributed by atoms with Crippen molar-refractivity contribution in [1.82, 2.24) is 25.7 Å². The summed E-state index contributed by atoms with van der Waals surface area (Å²) in [6, 6.07) is 5.78. The van der Waals surface area contributed by atoms with Crippen molar-refractivity contribution < 1.29 is 4.79 Å². The summed E-state index contributed by atoms with van der Waals surface area (Å²) in [6.45, 7) is 5.73. The van der Waals surface area contributed by atoms with Gasteiger partial charge in [0, 0.05) is 4.88 Å². The summed E-state index contributed by atoms with van der Waals surface area (Å²) in [6.07, 6.45) is 0. The Hall–Kier alpha value is -2.26. The van der Waals surface area contributed by atoms with Gasteiger partial charge in [-0.15, -0.1) is 21.5 Å². The molecule has 0 radical (unpaired) electrons. The highest BCUT2D eigenvalue weighted by Gasteiger charge is 2.28. The Morgan fingerprint density at radius 2 is 2.09 bits per heavy atom. The van der Waals surface area contributed by atoms with Crippen molar-refractivity contribution in [2.45, 2.75) is 26.3 Å². The van der Waals surface area contributed by atoms with E-state index in [-0.39, 0.29) is 5.91 Å². The van der Waals surface area contributed by atoms with E-state index < -0.39 is 5.54 Å². The van der Waals surface area contributed by atoms with E-state index >= 15 is 0 Å². The van der Waals surface area contributed by atoms with Gasteiger partial charge in [0.2, 0.25) is 5.13 Å². The number of anilines is 1. The lowest BCUT2D eigenvalue weighted by Crippen LogP contribution is -2.41. The number of H-pyrrole nitrogens is 1. The maximum Gasteiger partial charge on any atom is 0.272 e. The molecule has 3 heterocycles. The molecule has 0 aliphatic rings. The minimum Gasteiger partial charge on any atom is -0.374 e. The lowest BCUT2D eigenvalue weighted by atomic mass is 10.1. The number of nitrogen functional groups attached to an aromatic ring is 1. The van der Waals surface area contributed by atoms with Gasteiger partial charge in [0.25, 0.3) is 5.91 Å². The molecule has 1 amide bonds. The van der Waals surface area contributed by atoms with E-state index in [2.05, 4.69) is 25.7 Å². The summed E-state index contributed by atoms with van der Waals surface area (Å²) in [5.74, 6) is -0.278. The highest BCUT2D eigenvalue weighted by Crippen LogP contribution is 2.27. The molecule has 0 aliphatic carbocycles. The molecule has 0 saturated carbocycles. The fraction of sp³-hybridized carbons (Fsp3) is 0.286. The topological polar surface area (TPSA) is 110 Å². The van der Waals surface area contributed by atoms with E-state index in [1.807, 2.05) is 32.9 Å². The van der Waals surface area contributed by atoms with Crippen LogP contribution in [0.2, 0.25) is 0 Å². The number of nitrogens with one attached hydrogen (secondary N) is 2. The van der Waals surface area contributed by atoms with Crippen LogP contribution < -0.4 is 11.1 Å². The Morgan fingerprint density at radius 3 is 2.70 bits per heavy atom. The summed E-state index contributed by atoms with van der Waals surface area (Å²) in [4.78, 5) is 14.7. The second-order valence-electron chi connectivity index (χ2n) is 5.60. The molecule has 0 aliphatic heterocycles. The van der Waals surface area contributed by atoms with Crippen molar-refractivity contribution >= 4 is 33.7 Å². The Bertz CT molecular complexity index is 847. The number of aryl methyl sites for hydroxylation is 1. The van der Waals surface area contributed by atoms with Crippen LogP contribution in [0.15, 0.2) is 18.2 Å². The molecular weight excluding hydrogens is 332 g/mol. The number of thiophene rings is 1. The monoisotopic (exact) mass is 348 g/mol. The molecule has 120 valence electrons. The number of aromatic amines is 1. The molecule has 0 saturated heterocycles. The van der Waals surface area contributed by atoms with Crippen LogP contribution in [0.25, 0.3) is 10.6 Å². The van der Waals surface area contributed by atoms with E-state index in [1.165, 1.54) is 16.2 Å². The van der Waals surface area contributed by atoms with Crippen LogP contribution >= 0.6 is 22.7 Å². The Balaban J connectivity index is 1.77. The maximum absolute atomic E-state index is 12.4. The molecular formula is C14H16N6OS2. The SMILES string of the molecule is Cc1ccc(-c2cc(C(=O)NC(C)(C)c3nnc(N)s3)n[nH]2)s1. The zero-order chi connectivity index (χ0) is 16.6. The van der Waals surface area contributed by atoms with Gasteiger partial charge in [-0.05, 0) is 39.0 Å². The minimum absolute atomic E-state index is 0.278. The summed E-state index contributed by atoms with van der Waals surface area (Å²) >= 11 is 2.90. The molecule has 0 spiro atoms. The second-order valence-corrected chi connectivity index (χ2v) is 7.90. The van der Waals surface area contributed by atoms with E-state index in [9.17, 15) is 4.79 Å². The first kappa shape index (κ1) is 15.6. The van der Waals surface area contributed by atoms with Crippen LogP contribution in [0.4, 0.5) is 5.13 Å². The molecule has 0 bridgehead atoms. The molecule has 0 unspecified atom stereocenters. The average molecular weight is 348 g/mol. The van der Waals surface area contributed by atoms with Gasteiger partial charge in [0.05, 0.1) is 16.1 Å². The molecule has 7 nitrogen and oxygen atoms in total. The fourth-order valence-electron chi connectivity index (χ4n) is 2.03. The first-order valence-electron chi connectivity index (χ1n) is 6.89. The van der Waals surface area contributed by atoms with Crippen molar-refractivity contribution in [3.63, 3.8) is 0 Å². The van der Waals surface area contributed by atoms with Gasteiger partial charge in [0.15, 0.2) is 5.69 Å².